The van der Waals surface area contributed by atoms with Gasteiger partial charge in [-0.25, -0.2) is 4.98 Å². The number of aliphatic hydroxyl groups is 1. The average Bonchev–Trinajstić information content (AvgIpc) is 3.09. The number of carbonyl (C=O) groups excluding carboxylic acids is 1. The zero-order valence-electron chi connectivity index (χ0n) is 16.3. The molecule has 0 aliphatic carbocycles. The molecule has 1 aliphatic heterocycles. The standard InChI is InChI=1S/C19H31N5O3/c1-3-20-18(22-13-19(8-11-25)9-12-27-14-19)21-10-7-17(26)24-16-6-4-5-15(2)23-16/h4-6,25H,3,7-14H2,1-2H3,(H2,20,21,22)(H,23,24,26). The highest BCUT2D eigenvalue weighted by atomic mass is 16.5. The minimum absolute atomic E-state index is 0.0919. The molecule has 1 amide bonds. The third kappa shape index (κ3) is 7.15. The lowest BCUT2D eigenvalue weighted by Crippen LogP contribution is -2.40. The monoisotopic (exact) mass is 377 g/mol. The predicted octanol–water partition coefficient (Wildman–Crippen LogP) is 1.06. The molecule has 8 nitrogen and oxygen atoms in total. The Kier molecular flexibility index (Phi) is 8.47. The van der Waals surface area contributed by atoms with Gasteiger partial charge in [-0.15, -0.1) is 0 Å². The predicted molar refractivity (Wildman–Crippen MR) is 106 cm³/mol. The van der Waals surface area contributed by atoms with Gasteiger partial charge in [-0.2, -0.15) is 0 Å². The highest BCUT2D eigenvalue weighted by molar-refractivity contribution is 5.90. The van der Waals surface area contributed by atoms with Crippen LogP contribution in [0.25, 0.3) is 0 Å². The third-order valence-electron chi connectivity index (χ3n) is 4.54. The van der Waals surface area contributed by atoms with Crippen LogP contribution in [0, 0.1) is 12.3 Å². The van der Waals surface area contributed by atoms with Gasteiger partial charge in [0.25, 0.3) is 0 Å². The summed E-state index contributed by atoms with van der Waals surface area (Å²) in [5.41, 5.74) is 0.769. The summed E-state index contributed by atoms with van der Waals surface area (Å²) in [6.07, 6.45) is 1.90. The summed E-state index contributed by atoms with van der Waals surface area (Å²) in [6.45, 7) is 7.14. The Morgan fingerprint density at radius 3 is 2.93 bits per heavy atom. The van der Waals surface area contributed by atoms with E-state index in [1.165, 1.54) is 0 Å². The molecule has 1 atom stereocenters. The fourth-order valence-corrected chi connectivity index (χ4v) is 2.99. The van der Waals surface area contributed by atoms with Gasteiger partial charge in [0, 0.05) is 43.8 Å². The van der Waals surface area contributed by atoms with Crippen LogP contribution in [0.2, 0.25) is 0 Å². The first-order chi connectivity index (χ1) is 13.1. The van der Waals surface area contributed by atoms with E-state index in [-0.39, 0.29) is 17.9 Å². The maximum absolute atomic E-state index is 12.1. The summed E-state index contributed by atoms with van der Waals surface area (Å²) in [5, 5.41) is 18.5. The Hall–Kier alpha value is -2.19. The van der Waals surface area contributed by atoms with Crippen LogP contribution in [0.3, 0.4) is 0 Å². The van der Waals surface area contributed by atoms with Gasteiger partial charge in [-0.3, -0.25) is 9.79 Å². The van der Waals surface area contributed by atoms with Crippen molar-refractivity contribution in [2.75, 3.05) is 44.8 Å². The van der Waals surface area contributed by atoms with Gasteiger partial charge < -0.3 is 25.8 Å². The number of hydrogen-bond acceptors (Lipinski definition) is 5. The van der Waals surface area contributed by atoms with Crippen LogP contribution < -0.4 is 16.0 Å². The van der Waals surface area contributed by atoms with Gasteiger partial charge >= 0.3 is 0 Å². The molecule has 1 fully saturated rings. The first-order valence-corrected chi connectivity index (χ1v) is 9.51. The van der Waals surface area contributed by atoms with Crippen molar-refractivity contribution in [3.05, 3.63) is 23.9 Å². The van der Waals surface area contributed by atoms with Gasteiger partial charge in [0.15, 0.2) is 5.96 Å². The molecule has 1 saturated heterocycles. The van der Waals surface area contributed by atoms with Crippen molar-refractivity contribution in [2.45, 2.75) is 33.1 Å². The van der Waals surface area contributed by atoms with E-state index in [1.807, 2.05) is 26.0 Å². The van der Waals surface area contributed by atoms with Crippen molar-refractivity contribution in [3.8, 4) is 0 Å². The molecule has 27 heavy (non-hydrogen) atoms. The third-order valence-corrected chi connectivity index (χ3v) is 4.54. The number of anilines is 1. The number of aliphatic imine (C=N–C) groups is 1. The van der Waals surface area contributed by atoms with Crippen LogP contribution in [0.1, 0.15) is 31.9 Å². The van der Waals surface area contributed by atoms with Crippen LogP contribution >= 0.6 is 0 Å². The van der Waals surface area contributed by atoms with E-state index in [0.29, 0.717) is 50.9 Å². The Labute approximate surface area is 160 Å². The van der Waals surface area contributed by atoms with Crippen molar-refractivity contribution in [1.29, 1.82) is 0 Å². The molecule has 0 bridgehead atoms. The smallest absolute Gasteiger partial charge is 0.227 e. The Balaban J connectivity index is 1.81. The summed E-state index contributed by atoms with van der Waals surface area (Å²) >= 11 is 0. The molecule has 2 rings (SSSR count). The maximum Gasteiger partial charge on any atom is 0.227 e. The first-order valence-electron chi connectivity index (χ1n) is 9.51. The van der Waals surface area contributed by atoms with Crippen molar-refractivity contribution in [3.63, 3.8) is 0 Å². The van der Waals surface area contributed by atoms with Gasteiger partial charge in [0.2, 0.25) is 5.91 Å². The number of aryl methyl sites for hydroxylation is 1. The number of aromatic nitrogens is 1. The lowest BCUT2D eigenvalue weighted by atomic mass is 9.84. The van der Waals surface area contributed by atoms with E-state index in [9.17, 15) is 9.90 Å². The van der Waals surface area contributed by atoms with E-state index in [0.717, 1.165) is 18.7 Å². The van der Waals surface area contributed by atoms with Crippen LogP contribution in [0.5, 0.6) is 0 Å². The zero-order valence-corrected chi connectivity index (χ0v) is 16.3. The summed E-state index contributed by atoms with van der Waals surface area (Å²) in [4.78, 5) is 21.0. The molecule has 150 valence electrons. The lowest BCUT2D eigenvalue weighted by molar-refractivity contribution is -0.116. The highest BCUT2D eigenvalue weighted by Crippen LogP contribution is 2.32. The molecule has 0 spiro atoms. The summed E-state index contributed by atoms with van der Waals surface area (Å²) in [5.74, 6) is 1.13. The number of aliphatic hydroxyl groups excluding tert-OH is 1. The molecule has 0 saturated carbocycles. The second kappa shape index (κ2) is 10.8. The molecule has 1 aromatic rings. The summed E-state index contributed by atoms with van der Waals surface area (Å²) < 4.78 is 5.50. The second-order valence-corrected chi connectivity index (χ2v) is 6.86. The quantitative estimate of drug-likeness (QED) is 0.379. The van der Waals surface area contributed by atoms with Crippen molar-refractivity contribution in [1.82, 2.24) is 15.6 Å². The van der Waals surface area contributed by atoms with E-state index in [4.69, 9.17) is 4.74 Å². The van der Waals surface area contributed by atoms with Crippen molar-refractivity contribution in [2.24, 2.45) is 10.4 Å². The number of hydrogen-bond donors (Lipinski definition) is 4. The first kappa shape index (κ1) is 21.1. The molecular formula is C19H31N5O3. The number of nitrogens with one attached hydrogen (secondary N) is 3. The maximum atomic E-state index is 12.1. The number of pyridine rings is 1. The van der Waals surface area contributed by atoms with E-state index in [1.54, 1.807) is 6.07 Å². The van der Waals surface area contributed by atoms with Gasteiger partial charge in [-0.05, 0) is 38.8 Å². The Morgan fingerprint density at radius 2 is 2.26 bits per heavy atom. The van der Waals surface area contributed by atoms with Gasteiger partial charge in [-0.1, -0.05) is 6.07 Å². The largest absolute Gasteiger partial charge is 0.396 e. The molecule has 1 aromatic heterocycles. The molecule has 1 aliphatic rings. The second-order valence-electron chi connectivity index (χ2n) is 6.86. The fraction of sp³-hybridized carbons (Fsp3) is 0.632. The molecular weight excluding hydrogens is 346 g/mol. The number of carbonyl (C=O) groups is 1. The summed E-state index contributed by atoms with van der Waals surface area (Å²) in [6, 6.07) is 5.52. The highest BCUT2D eigenvalue weighted by Gasteiger charge is 2.34. The number of ether oxygens (including phenoxy) is 1. The van der Waals surface area contributed by atoms with Gasteiger partial charge in [0.1, 0.15) is 5.82 Å². The topological polar surface area (TPSA) is 108 Å². The van der Waals surface area contributed by atoms with Gasteiger partial charge in [0.05, 0.1) is 13.2 Å². The molecule has 4 N–H and O–H groups in total. The van der Waals surface area contributed by atoms with Crippen LogP contribution in [0.15, 0.2) is 23.2 Å². The molecule has 2 heterocycles. The lowest BCUT2D eigenvalue weighted by Gasteiger charge is -2.24. The van der Waals surface area contributed by atoms with Crippen LogP contribution in [0.4, 0.5) is 5.82 Å². The normalized spacial score (nSPS) is 19.7. The Morgan fingerprint density at radius 1 is 1.41 bits per heavy atom. The number of guanidine groups is 1. The summed E-state index contributed by atoms with van der Waals surface area (Å²) in [7, 11) is 0. The molecule has 8 heteroatoms. The van der Waals surface area contributed by atoms with Crippen molar-refractivity contribution >= 4 is 17.7 Å². The average molecular weight is 377 g/mol. The Bertz CT molecular complexity index is 630. The SMILES string of the molecule is CCNC(=NCC1(CCO)CCOC1)NCCC(=O)Nc1cccc(C)n1. The van der Waals surface area contributed by atoms with E-state index >= 15 is 0 Å². The molecule has 0 radical (unpaired) electrons. The van der Waals surface area contributed by atoms with Crippen LogP contribution in [-0.2, 0) is 9.53 Å². The number of rotatable bonds is 9. The van der Waals surface area contributed by atoms with E-state index in [2.05, 4.69) is 25.9 Å². The number of amides is 1. The zero-order chi connectivity index (χ0) is 19.5. The van der Waals surface area contributed by atoms with E-state index < -0.39 is 0 Å². The van der Waals surface area contributed by atoms with Crippen LogP contribution in [-0.4, -0.2) is 61.4 Å². The minimum Gasteiger partial charge on any atom is -0.396 e. The molecule has 0 aromatic carbocycles. The fourth-order valence-electron chi connectivity index (χ4n) is 2.99. The molecule has 1 unspecified atom stereocenters. The number of nitrogens with zero attached hydrogens (tertiary/aromatic N) is 2. The van der Waals surface area contributed by atoms with Crippen molar-refractivity contribution < 1.29 is 14.6 Å². The minimum atomic E-state index is -0.0996.